The molecule has 2 aliphatic rings. The van der Waals surface area contributed by atoms with E-state index < -0.39 is 23.7 Å². The van der Waals surface area contributed by atoms with Gasteiger partial charge in [0.1, 0.15) is 11.9 Å². The van der Waals surface area contributed by atoms with E-state index in [0.29, 0.717) is 29.3 Å². The van der Waals surface area contributed by atoms with E-state index in [9.17, 15) is 14.3 Å². The molecule has 5 rings (SSSR count). The van der Waals surface area contributed by atoms with Crippen molar-refractivity contribution < 1.29 is 23.6 Å². The summed E-state index contributed by atoms with van der Waals surface area (Å²) < 4.78 is 24.2. The molecule has 0 bridgehead atoms. The number of carbonyl (C=O) groups is 1. The Morgan fingerprint density at radius 3 is 2.69 bits per heavy atom. The van der Waals surface area contributed by atoms with Crippen molar-refractivity contribution in [1.29, 1.82) is 0 Å². The molecule has 0 radical (unpaired) electrons. The molecule has 3 aromatic heterocycles. The third-order valence-electron chi connectivity index (χ3n) is 5.68. The van der Waals surface area contributed by atoms with Gasteiger partial charge in [-0.05, 0) is 18.2 Å². The highest BCUT2D eigenvalue weighted by Gasteiger charge is 2.48. The average Bonchev–Trinajstić information content (AvgIpc) is 3.52. The monoisotopic (exact) mass is 440 g/mol. The lowest BCUT2D eigenvalue weighted by Crippen LogP contribution is -2.35. The zero-order chi connectivity index (χ0) is 22.3. The van der Waals surface area contributed by atoms with Gasteiger partial charge in [-0.1, -0.05) is 11.2 Å². The number of carbonyl (C=O) groups excluding carboxylic acids is 1. The van der Waals surface area contributed by atoms with Crippen LogP contribution in [0.3, 0.4) is 0 Å². The van der Waals surface area contributed by atoms with Crippen LogP contribution in [0.15, 0.2) is 41.1 Å². The van der Waals surface area contributed by atoms with Gasteiger partial charge in [-0.25, -0.2) is 19.3 Å². The average molecular weight is 440 g/mol. The summed E-state index contributed by atoms with van der Waals surface area (Å²) in [7, 11) is 1.63. The molecule has 166 valence electrons. The number of nitrogens with zero attached hydrogens (tertiary/aromatic N) is 5. The number of alkyl halides is 1. The van der Waals surface area contributed by atoms with Crippen molar-refractivity contribution in [2.24, 2.45) is 0 Å². The fourth-order valence-corrected chi connectivity index (χ4v) is 3.79. The second-order valence-corrected chi connectivity index (χ2v) is 7.89. The van der Waals surface area contributed by atoms with E-state index in [-0.39, 0.29) is 31.3 Å². The molecule has 3 atom stereocenters. The SMILES string of the molecule is CN1CC[C@@](O)(c2cc(-c3cccc(-c4ccnc(N[C@@H]5COC[C@@H]5F)n4)n3)no2)C1=O. The molecule has 32 heavy (non-hydrogen) atoms. The zero-order valence-electron chi connectivity index (χ0n) is 17.2. The van der Waals surface area contributed by atoms with E-state index in [1.165, 1.54) is 11.0 Å². The largest absolute Gasteiger partial charge is 0.376 e. The van der Waals surface area contributed by atoms with Crippen LogP contribution in [0.1, 0.15) is 12.2 Å². The first-order valence-corrected chi connectivity index (χ1v) is 10.2. The number of amides is 1. The van der Waals surface area contributed by atoms with Crippen molar-refractivity contribution in [3.63, 3.8) is 0 Å². The molecule has 2 saturated heterocycles. The van der Waals surface area contributed by atoms with E-state index in [1.807, 2.05) is 0 Å². The molecule has 11 heteroatoms. The Kier molecular flexibility index (Phi) is 5.06. The number of hydrogen-bond acceptors (Lipinski definition) is 9. The quantitative estimate of drug-likeness (QED) is 0.605. The van der Waals surface area contributed by atoms with Gasteiger partial charge in [-0.2, -0.15) is 0 Å². The lowest BCUT2D eigenvalue weighted by atomic mass is 9.98. The van der Waals surface area contributed by atoms with Gasteiger partial charge in [-0.15, -0.1) is 0 Å². The number of halogens is 1. The normalized spacial score (nSPS) is 25.5. The van der Waals surface area contributed by atoms with Gasteiger partial charge in [-0.3, -0.25) is 4.79 Å². The fraction of sp³-hybridized carbons (Fsp3) is 0.381. The molecule has 2 aliphatic heterocycles. The van der Waals surface area contributed by atoms with Gasteiger partial charge < -0.3 is 24.6 Å². The van der Waals surface area contributed by atoms with E-state index in [1.54, 1.807) is 37.5 Å². The highest BCUT2D eigenvalue weighted by Crippen LogP contribution is 2.34. The van der Waals surface area contributed by atoms with Gasteiger partial charge in [0.05, 0.1) is 36.3 Å². The second kappa shape index (κ2) is 7.92. The third kappa shape index (κ3) is 3.59. The van der Waals surface area contributed by atoms with Crippen LogP contribution in [0.5, 0.6) is 0 Å². The number of nitrogens with one attached hydrogen (secondary N) is 1. The van der Waals surface area contributed by atoms with Gasteiger partial charge in [0.15, 0.2) is 5.76 Å². The maximum Gasteiger partial charge on any atom is 0.262 e. The number of likely N-dealkylation sites (tertiary alicyclic amines) is 1. The topological polar surface area (TPSA) is 126 Å². The summed E-state index contributed by atoms with van der Waals surface area (Å²) >= 11 is 0. The minimum atomic E-state index is -1.72. The van der Waals surface area contributed by atoms with Gasteiger partial charge in [0.25, 0.3) is 5.91 Å². The van der Waals surface area contributed by atoms with Gasteiger partial charge in [0.2, 0.25) is 11.5 Å². The van der Waals surface area contributed by atoms with Gasteiger partial charge >= 0.3 is 0 Å². The molecular weight excluding hydrogens is 419 g/mol. The number of aliphatic hydroxyl groups is 1. The van der Waals surface area contributed by atoms with E-state index in [2.05, 4.69) is 25.4 Å². The first kappa shape index (κ1) is 20.5. The first-order valence-electron chi connectivity index (χ1n) is 10.2. The molecule has 5 heterocycles. The smallest absolute Gasteiger partial charge is 0.262 e. The Bertz CT molecular complexity index is 1160. The number of rotatable bonds is 5. The first-order chi connectivity index (χ1) is 15.4. The standard InChI is InChI=1S/C21H21FN6O4/c1-28-8-6-21(30,19(28)29)18-9-16(27-32-18)14-4-2-3-13(24-14)15-5-7-23-20(25-15)26-17-11-31-10-12(17)22/h2-5,7,9,12,17,30H,6,8,10-11H2,1H3,(H,23,25,26)/t12-,17+,21+/m0/s1. The van der Waals surface area contributed by atoms with Crippen LogP contribution in [0.2, 0.25) is 0 Å². The maximum absolute atomic E-state index is 13.8. The summed E-state index contributed by atoms with van der Waals surface area (Å²) in [5, 5.41) is 17.7. The van der Waals surface area contributed by atoms with Crippen molar-refractivity contribution in [3.05, 3.63) is 42.3 Å². The molecule has 2 N–H and O–H groups in total. The van der Waals surface area contributed by atoms with Crippen LogP contribution in [0.4, 0.5) is 10.3 Å². The summed E-state index contributed by atoms with van der Waals surface area (Å²) in [5.41, 5.74) is 0.235. The molecule has 0 unspecified atom stereocenters. The Balaban J connectivity index is 1.40. The minimum Gasteiger partial charge on any atom is -0.376 e. The number of aromatic nitrogens is 4. The van der Waals surface area contributed by atoms with Crippen LogP contribution in [-0.2, 0) is 15.1 Å². The Hall–Kier alpha value is -3.44. The summed E-state index contributed by atoms with van der Waals surface area (Å²) in [6.07, 6.45) is 0.674. The van der Waals surface area contributed by atoms with Gasteiger partial charge in [0, 0.05) is 32.3 Å². The van der Waals surface area contributed by atoms with Crippen molar-refractivity contribution >= 4 is 11.9 Å². The maximum atomic E-state index is 13.8. The highest BCUT2D eigenvalue weighted by atomic mass is 19.1. The predicted molar refractivity (Wildman–Crippen MR) is 110 cm³/mol. The van der Waals surface area contributed by atoms with Crippen molar-refractivity contribution in [3.8, 4) is 22.8 Å². The summed E-state index contributed by atoms with van der Waals surface area (Å²) in [6, 6.07) is 8.02. The lowest BCUT2D eigenvalue weighted by Gasteiger charge is -2.16. The highest BCUT2D eigenvalue weighted by molar-refractivity contribution is 5.87. The van der Waals surface area contributed by atoms with E-state index >= 15 is 0 Å². The molecule has 0 aromatic carbocycles. The van der Waals surface area contributed by atoms with Crippen molar-refractivity contribution in [1.82, 2.24) is 25.0 Å². The fourth-order valence-electron chi connectivity index (χ4n) is 3.79. The van der Waals surface area contributed by atoms with Crippen LogP contribution < -0.4 is 5.32 Å². The summed E-state index contributed by atoms with van der Waals surface area (Å²) in [4.78, 5) is 26.9. The third-order valence-corrected chi connectivity index (χ3v) is 5.68. The van der Waals surface area contributed by atoms with Crippen LogP contribution in [0, 0.1) is 0 Å². The summed E-state index contributed by atoms with van der Waals surface area (Å²) in [5.74, 6) is -0.0593. The van der Waals surface area contributed by atoms with Crippen molar-refractivity contribution in [2.45, 2.75) is 24.2 Å². The number of likely N-dealkylation sites (N-methyl/N-ethyl adjacent to an activating group) is 1. The molecule has 2 fully saturated rings. The number of pyridine rings is 1. The minimum absolute atomic E-state index is 0.0532. The van der Waals surface area contributed by atoms with Crippen LogP contribution in [-0.4, -0.2) is 75.0 Å². The second-order valence-electron chi connectivity index (χ2n) is 7.89. The van der Waals surface area contributed by atoms with E-state index in [0.717, 1.165) is 0 Å². The Morgan fingerprint density at radius 1 is 1.19 bits per heavy atom. The van der Waals surface area contributed by atoms with Crippen LogP contribution >= 0.6 is 0 Å². The van der Waals surface area contributed by atoms with Crippen LogP contribution in [0.25, 0.3) is 22.8 Å². The molecule has 0 saturated carbocycles. The number of ether oxygens (including phenoxy) is 1. The summed E-state index contributed by atoms with van der Waals surface area (Å²) in [6.45, 7) is 0.735. The molecule has 0 spiro atoms. The predicted octanol–water partition coefficient (Wildman–Crippen LogP) is 1.39. The Labute approximate surface area is 182 Å². The zero-order valence-corrected chi connectivity index (χ0v) is 17.2. The molecule has 10 nitrogen and oxygen atoms in total. The molecule has 3 aromatic rings. The lowest BCUT2D eigenvalue weighted by molar-refractivity contribution is -0.144. The number of anilines is 1. The van der Waals surface area contributed by atoms with Crippen molar-refractivity contribution in [2.75, 3.05) is 32.1 Å². The molecular formula is C21H21FN6O4. The molecule has 0 aliphatic carbocycles. The number of hydrogen-bond donors (Lipinski definition) is 2. The Morgan fingerprint density at radius 2 is 1.97 bits per heavy atom. The van der Waals surface area contributed by atoms with E-state index in [4.69, 9.17) is 9.26 Å². The molecule has 1 amide bonds.